The van der Waals surface area contributed by atoms with Crippen LogP contribution in [0.1, 0.15) is 46.5 Å². The summed E-state index contributed by atoms with van der Waals surface area (Å²) < 4.78 is 5.65. The Morgan fingerprint density at radius 2 is 2.32 bits per heavy atom. The van der Waals surface area contributed by atoms with Crippen molar-refractivity contribution in [1.82, 2.24) is 10.2 Å². The van der Waals surface area contributed by atoms with Crippen LogP contribution >= 0.6 is 0 Å². The summed E-state index contributed by atoms with van der Waals surface area (Å²) in [5.41, 5.74) is 7.61. The van der Waals surface area contributed by atoms with E-state index >= 15 is 0 Å². The van der Waals surface area contributed by atoms with E-state index in [1.165, 1.54) is 0 Å². The van der Waals surface area contributed by atoms with Crippen LogP contribution in [-0.2, 0) is 9.53 Å². The van der Waals surface area contributed by atoms with Gasteiger partial charge in [-0.15, -0.1) is 0 Å². The Kier molecular flexibility index (Phi) is 7.12. The molecule has 0 radical (unpaired) electrons. The Bertz CT molecular complexity index is 608. The van der Waals surface area contributed by atoms with Gasteiger partial charge in [-0.1, -0.05) is 13.3 Å². The second kappa shape index (κ2) is 9.31. The van der Waals surface area contributed by atoms with Crippen molar-refractivity contribution in [2.45, 2.75) is 52.5 Å². The molecule has 0 aliphatic carbocycles. The van der Waals surface area contributed by atoms with Crippen LogP contribution in [0.3, 0.4) is 0 Å². The highest BCUT2D eigenvalue weighted by molar-refractivity contribution is 6.03. The van der Waals surface area contributed by atoms with Gasteiger partial charge in [0.15, 0.2) is 0 Å². The van der Waals surface area contributed by atoms with Crippen LogP contribution in [0.25, 0.3) is 0 Å². The SMILES string of the molecule is CCCCOC(=NCN)N=C1C(C)NC(=O)CN1C1=CN=C(C)CC1. The minimum atomic E-state index is -0.244. The van der Waals surface area contributed by atoms with Gasteiger partial charge in [-0.2, -0.15) is 4.99 Å². The van der Waals surface area contributed by atoms with Crippen LogP contribution in [-0.4, -0.2) is 54.2 Å². The normalized spacial score (nSPS) is 23.3. The Morgan fingerprint density at radius 3 is 2.96 bits per heavy atom. The number of nitrogens with zero attached hydrogens (tertiary/aromatic N) is 4. The molecule has 0 bridgehead atoms. The van der Waals surface area contributed by atoms with E-state index in [0.717, 1.165) is 37.1 Å². The summed E-state index contributed by atoms with van der Waals surface area (Å²) in [6.45, 7) is 6.85. The second-order valence-electron chi connectivity index (χ2n) is 6.16. The quantitative estimate of drug-likeness (QED) is 0.445. The fraction of sp³-hybridized carbons (Fsp3) is 0.647. The predicted octanol–water partition coefficient (Wildman–Crippen LogP) is 1.39. The van der Waals surface area contributed by atoms with E-state index in [4.69, 9.17) is 10.5 Å². The maximum atomic E-state index is 12.0. The summed E-state index contributed by atoms with van der Waals surface area (Å²) in [6, 6.07) is 0.0157. The fourth-order valence-electron chi connectivity index (χ4n) is 2.64. The summed E-state index contributed by atoms with van der Waals surface area (Å²) >= 11 is 0. The van der Waals surface area contributed by atoms with Crippen LogP contribution in [0.2, 0.25) is 0 Å². The van der Waals surface area contributed by atoms with Gasteiger partial charge < -0.3 is 20.7 Å². The molecule has 2 rings (SSSR count). The third-order valence-electron chi connectivity index (χ3n) is 4.03. The molecule has 3 N–H and O–H groups in total. The molecule has 1 saturated heterocycles. The first-order valence-corrected chi connectivity index (χ1v) is 8.80. The standard InChI is InChI=1S/C17H28N6O2/c1-4-5-8-25-17(20-11-18)22-16-13(3)21-15(24)10-23(16)14-7-6-12(2)19-9-14/h9,13H,4-8,10-11,18H2,1-3H3,(H,21,24). The number of rotatable bonds is 5. The third-order valence-corrected chi connectivity index (χ3v) is 4.03. The monoisotopic (exact) mass is 348 g/mol. The van der Waals surface area contributed by atoms with Crippen LogP contribution in [0.15, 0.2) is 26.9 Å². The van der Waals surface area contributed by atoms with Gasteiger partial charge in [0.2, 0.25) is 5.91 Å². The van der Waals surface area contributed by atoms with E-state index in [1.54, 1.807) is 0 Å². The zero-order valence-corrected chi connectivity index (χ0v) is 15.3. The molecular weight excluding hydrogens is 320 g/mol. The number of carbonyl (C=O) groups is 1. The van der Waals surface area contributed by atoms with Crippen molar-refractivity contribution in [3.05, 3.63) is 11.9 Å². The Balaban J connectivity index is 2.28. The Morgan fingerprint density at radius 1 is 1.52 bits per heavy atom. The highest BCUT2D eigenvalue weighted by Gasteiger charge is 2.31. The minimum absolute atomic E-state index is 0.0390. The number of nitrogens with two attached hydrogens (primary N) is 1. The van der Waals surface area contributed by atoms with Gasteiger partial charge in [0, 0.05) is 17.6 Å². The molecule has 2 aliphatic rings. The van der Waals surface area contributed by atoms with Gasteiger partial charge in [0.05, 0.1) is 19.3 Å². The maximum absolute atomic E-state index is 12.0. The van der Waals surface area contributed by atoms with Crippen LogP contribution < -0.4 is 11.1 Å². The number of amides is 1. The van der Waals surface area contributed by atoms with Crippen LogP contribution in [0, 0.1) is 0 Å². The number of hydrogen-bond donors (Lipinski definition) is 2. The average molecular weight is 348 g/mol. The number of aliphatic imine (C=N–C) groups is 3. The number of piperazine rings is 1. The van der Waals surface area contributed by atoms with Crippen molar-refractivity contribution in [2.24, 2.45) is 20.7 Å². The number of allylic oxidation sites excluding steroid dienone is 1. The zero-order chi connectivity index (χ0) is 18.2. The fourth-order valence-corrected chi connectivity index (χ4v) is 2.64. The second-order valence-corrected chi connectivity index (χ2v) is 6.16. The minimum Gasteiger partial charge on any atom is -0.464 e. The van der Waals surface area contributed by atoms with E-state index in [-0.39, 0.29) is 31.2 Å². The summed E-state index contributed by atoms with van der Waals surface area (Å²) in [6.07, 6.45) is 5.47. The molecule has 0 saturated carbocycles. The van der Waals surface area contributed by atoms with Crippen LogP contribution in [0.5, 0.6) is 0 Å². The molecule has 0 aromatic heterocycles. The summed E-state index contributed by atoms with van der Waals surface area (Å²) in [7, 11) is 0. The van der Waals surface area contributed by atoms with Gasteiger partial charge in [-0.3, -0.25) is 9.79 Å². The molecule has 1 fully saturated rings. The van der Waals surface area contributed by atoms with Gasteiger partial charge >= 0.3 is 6.02 Å². The highest BCUT2D eigenvalue weighted by atomic mass is 16.5. The van der Waals surface area contributed by atoms with E-state index in [2.05, 4.69) is 27.2 Å². The first kappa shape index (κ1) is 19.1. The van der Waals surface area contributed by atoms with Gasteiger partial charge in [0.25, 0.3) is 0 Å². The lowest BCUT2D eigenvalue weighted by Crippen LogP contribution is -2.56. The summed E-state index contributed by atoms with van der Waals surface area (Å²) in [5, 5.41) is 2.91. The number of unbranched alkanes of at least 4 members (excludes halogenated alkanes) is 1. The lowest BCUT2D eigenvalue weighted by Gasteiger charge is -2.36. The molecule has 0 spiro atoms. The van der Waals surface area contributed by atoms with E-state index < -0.39 is 0 Å². The molecule has 25 heavy (non-hydrogen) atoms. The number of carbonyl (C=O) groups excluding carboxylic acids is 1. The summed E-state index contributed by atoms with van der Waals surface area (Å²) in [4.78, 5) is 27.0. The highest BCUT2D eigenvalue weighted by Crippen LogP contribution is 2.20. The molecule has 8 nitrogen and oxygen atoms in total. The molecule has 8 heteroatoms. The molecule has 1 atom stereocenters. The first-order valence-electron chi connectivity index (χ1n) is 8.80. The van der Waals surface area contributed by atoms with Crippen molar-refractivity contribution in [3.8, 4) is 0 Å². The molecule has 2 aliphatic heterocycles. The lowest BCUT2D eigenvalue weighted by molar-refractivity contribution is -0.122. The van der Waals surface area contributed by atoms with Crippen LogP contribution in [0.4, 0.5) is 0 Å². The average Bonchev–Trinajstić information content (AvgIpc) is 2.58. The Hall–Kier alpha value is -2.22. The number of hydrogen-bond acceptors (Lipinski definition) is 5. The number of nitrogens with one attached hydrogen (secondary N) is 1. The largest absolute Gasteiger partial charge is 0.464 e. The predicted molar refractivity (Wildman–Crippen MR) is 99.5 cm³/mol. The number of amidine groups is 2. The third kappa shape index (κ3) is 5.38. The molecule has 1 amide bonds. The molecule has 2 heterocycles. The molecule has 0 aromatic rings. The summed E-state index contributed by atoms with van der Waals surface area (Å²) in [5.74, 6) is 0.659. The first-order chi connectivity index (χ1) is 12.0. The maximum Gasteiger partial charge on any atom is 0.314 e. The van der Waals surface area contributed by atoms with E-state index in [1.807, 2.05) is 24.9 Å². The number of ether oxygens (including phenoxy) is 1. The topological polar surface area (TPSA) is 105 Å². The van der Waals surface area contributed by atoms with E-state index in [0.29, 0.717) is 12.4 Å². The van der Waals surface area contributed by atoms with Crippen molar-refractivity contribution in [1.29, 1.82) is 0 Å². The van der Waals surface area contributed by atoms with Crippen molar-refractivity contribution in [3.63, 3.8) is 0 Å². The molecular formula is C17H28N6O2. The van der Waals surface area contributed by atoms with Gasteiger partial charge in [-0.25, -0.2) is 4.99 Å². The van der Waals surface area contributed by atoms with Gasteiger partial charge in [0.1, 0.15) is 12.4 Å². The van der Waals surface area contributed by atoms with E-state index in [9.17, 15) is 4.79 Å². The van der Waals surface area contributed by atoms with Crippen molar-refractivity contribution in [2.75, 3.05) is 19.8 Å². The zero-order valence-electron chi connectivity index (χ0n) is 15.3. The molecule has 1 unspecified atom stereocenters. The smallest absolute Gasteiger partial charge is 0.314 e. The van der Waals surface area contributed by atoms with Crippen molar-refractivity contribution < 1.29 is 9.53 Å². The Labute approximate surface area is 148 Å². The van der Waals surface area contributed by atoms with Crippen molar-refractivity contribution >= 4 is 23.5 Å². The lowest BCUT2D eigenvalue weighted by atomic mass is 10.1. The van der Waals surface area contributed by atoms with Gasteiger partial charge in [-0.05, 0) is 33.1 Å². The molecule has 138 valence electrons. The molecule has 0 aromatic carbocycles.